The van der Waals surface area contributed by atoms with Gasteiger partial charge in [0.15, 0.2) is 0 Å². The molecule has 0 unspecified atom stereocenters. The molecule has 0 radical (unpaired) electrons. The number of fused-ring (bicyclic) bond motifs is 1. The Kier molecular flexibility index (Phi) is 6.79. The number of nitrogens with one attached hydrogen (secondary N) is 1. The first-order valence-corrected chi connectivity index (χ1v) is 13.5. The van der Waals surface area contributed by atoms with Gasteiger partial charge in [0.05, 0.1) is 17.9 Å². The van der Waals surface area contributed by atoms with Crippen LogP contribution in [0.15, 0.2) is 35.9 Å². The molecule has 9 heteroatoms. The van der Waals surface area contributed by atoms with Crippen molar-refractivity contribution in [1.82, 2.24) is 9.88 Å². The Morgan fingerprint density at radius 3 is 2.61 bits per heavy atom. The van der Waals surface area contributed by atoms with E-state index in [1.807, 2.05) is 37.5 Å². The third-order valence-corrected chi connectivity index (χ3v) is 8.24. The molecule has 1 fully saturated rings. The van der Waals surface area contributed by atoms with Crippen LogP contribution in [-0.4, -0.2) is 35.0 Å². The van der Waals surface area contributed by atoms with Crippen LogP contribution in [0.25, 0.3) is 11.1 Å². The molecule has 5 rings (SSSR count). The molecule has 0 bridgehead atoms. The first kappa shape index (κ1) is 25.7. The van der Waals surface area contributed by atoms with E-state index in [9.17, 15) is 19.2 Å². The quantitative estimate of drug-likeness (QED) is 0.278. The number of carbonyl (C=O) groups excluding carboxylic acids is 4. The first-order valence-electron chi connectivity index (χ1n) is 12.7. The predicted octanol–water partition coefficient (Wildman–Crippen LogP) is 5.19. The van der Waals surface area contributed by atoms with Crippen molar-refractivity contribution in [3.05, 3.63) is 74.4 Å². The second-order valence-corrected chi connectivity index (χ2v) is 10.7. The van der Waals surface area contributed by atoms with Crippen LogP contribution in [0.3, 0.4) is 0 Å². The first-order chi connectivity index (χ1) is 18.2. The molecule has 2 aromatic heterocycles. The summed E-state index contributed by atoms with van der Waals surface area (Å²) in [6, 6.07) is 8.08. The topological polar surface area (TPSA) is 97.7 Å². The number of nitrogens with zero attached hydrogens (tertiary/aromatic N) is 2. The molecular formula is C29H29N3O5S. The van der Waals surface area contributed by atoms with Gasteiger partial charge in [0, 0.05) is 16.3 Å². The smallest absolute Gasteiger partial charge is 0.341 e. The molecule has 1 aliphatic heterocycles. The monoisotopic (exact) mass is 531 g/mol. The molecule has 8 nitrogen and oxygen atoms in total. The van der Waals surface area contributed by atoms with Gasteiger partial charge >= 0.3 is 12.0 Å². The minimum Gasteiger partial charge on any atom is -0.462 e. The second-order valence-electron chi connectivity index (χ2n) is 9.57. The lowest BCUT2D eigenvalue weighted by Crippen LogP contribution is -2.54. The highest BCUT2D eigenvalue weighted by Gasteiger charge is 2.37. The number of anilines is 1. The van der Waals surface area contributed by atoms with Gasteiger partial charge in [0.1, 0.15) is 10.6 Å². The number of urea groups is 1. The highest BCUT2D eigenvalue weighted by molar-refractivity contribution is 7.15. The van der Waals surface area contributed by atoms with Gasteiger partial charge in [-0.05, 0) is 94.3 Å². The number of hydrogen-bond donors (Lipinski definition) is 1. The van der Waals surface area contributed by atoms with Crippen LogP contribution in [0.4, 0.5) is 10.5 Å². The lowest BCUT2D eigenvalue weighted by atomic mass is 9.95. The lowest BCUT2D eigenvalue weighted by Gasteiger charge is -2.26. The fraction of sp³-hybridized carbons (Fsp3) is 0.310. The van der Waals surface area contributed by atoms with E-state index in [1.54, 1.807) is 36.5 Å². The second kappa shape index (κ2) is 10.1. The van der Waals surface area contributed by atoms with Gasteiger partial charge in [-0.1, -0.05) is 12.1 Å². The zero-order valence-electron chi connectivity index (χ0n) is 21.8. The average Bonchev–Trinajstić information content (AvgIpc) is 3.37. The van der Waals surface area contributed by atoms with Gasteiger partial charge in [-0.15, -0.1) is 11.3 Å². The summed E-state index contributed by atoms with van der Waals surface area (Å²) in [5.41, 5.74) is 5.09. The lowest BCUT2D eigenvalue weighted by molar-refractivity contribution is -0.122. The summed E-state index contributed by atoms with van der Waals surface area (Å²) >= 11 is 1.60. The average molecular weight is 532 g/mol. The van der Waals surface area contributed by atoms with E-state index in [1.165, 1.54) is 11.0 Å². The number of rotatable bonds is 5. The van der Waals surface area contributed by atoms with Crippen molar-refractivity contribution in [1.29, 1.82) is 0 Å². The number of aromatic nitrogens is 1. The van der Waals surface area contributed by atoms with Crippen LogP contribution in [-0.2, 0) is 27.2 Å². The summed E-state index contributed by atoms with van der Waals surface area (Å²) in [4.78, 5) is 54.0. The minimum atomic E-state index is -0.781. The van der Waals surface area contributed by atoms with E-state index < -0.39 is 17.8 Å². The molecule has 2 aliphatic rings. The van der Waals surface area contributed by atoms with E-state index in [4.69, 9.17) is 4.74 Å². The van der Waals surface area contributed by atoms with Gasteiger partial charge in [-0.25, -0.2) is 14.5 Å². The molecule has 3 aromatic rings. The summed E-state index contributed by atoms with van der Waals surface area (Å²) in [7, 11) is 0. The Labute approximate surface area is 224 Å². The number of hydrogen-bond acceptors (Lipinski definition) is 6. The van der Waals surface area contributed by atoms with Gasteiger partial charge < -0.3 is 9.30 Å². The molecule has 1 aliphatic carbocycles. The molecule has 0 atom stereocenters. The molecule has 4 amide bonds. The highest BCUT2D eigenvalue weighted by atomic mass is 32.1. The van der Waals surface area contributed by atoms with Crippen LogP contribution >= 0.6 is 11.3 Å². The van der Waals surface area contributed by atoms with E-state index in [2.05, 4.69) is 5.32 Å². The summed E-state index contributed by atoms with van der Waals surface area (Å²) in [5, 5.41) is 3.08. The summed E-state index contributed by atoms with van der Waals surface area (Å²) in [5.74, 6) is -1.76. The SMILES string of the molecule is CCOC(=O)c1c(-n2c(C)cc(/C=C3\C(=O)NC(=O)N(c4cccc(C)c4)C3=O)c2C)sc2c1CCCC2. The summed E-state index contributed by atoms with van der Waals surface area (Å²) in [6.45, 7) is 7.76. The molecule has 0 saturated carbocycles. The number of barbiturate groups is 1. The van der Waals surface area contributed by atoms with Crippen LogP contribution in [0.1, 0.15) is 63.1 Å². The molecule has 196 valence electrons. The number of carbonyl (C=O) groups is 4. The van der Waals surface area contributed by atoms with Crippen LogP contribution in [0.2, 0.25) is 0 Å². The number of benzene rings is 1. The van der Waals surface area contributed by atoms with E-state index >= 15 is 0 Å². The zero-order chi connectivity index (χ0) is 27.1. The number of esters is 1. The maximum Gasteiger partial charge on any atom is 0.341 e. The van der Waals surface area contributed by atoms with Crippen molar-refractivity contribution in [3.8, 4) is 5.00 Å². The molecule has 1 N–H and O–H groups in total. The third-order valence-electron chi connectivity index (χ3n) is 6.97. The van der Waals surface area contributed by atoms with Crippen molar-refractivity contribution >= 4 is 46.9 Å². The third kappa shape index (κ3) is 4.36. The van der Waals surface area contributed by atoms with Crippen molar-refractivity contribution in [3.63, 3.8) is 0 Å². The Morgan fingerprint density at radius 2 is 1.87 bits per heavy atom. The zero-order valence-corrected chi connectivity index (χ0v) is 22.7. The Hall–Kier alpha value is -3.98. The van der Waals surface area contributed by atoms with Gasteiger partial charge in [-0.3, -0.25) is 14.9 Å². The van der Waals surface area contributed by atoms with Crippen LogP contribution < -0.4 is 10.2 Å². The number of imide groups is 2. The summed E-state index contributed by atoms with van der Waals surface area (Å²) < 4.78 is 7.43. The summed E-state index contributed by atoms with van der Waals surface area (Å²) in [6.07, 6.45) is 5.41. The molecule has 1 aromatic carbocycles. The fourth-order valence-electron chi connectivity index (χ4n) is 5.18. The molecule has 3 heterocycles. The molecular weight excluding hydrogens is 502 g/mol. The molecule has 38 heavy (non-hydrogen) atoms. The van der Waals surface area contributed by atoms with Crippen molar-refractivity contribution < 1.29 is 23.9 Å². The van der Waals surface area contributed by atoms with E-state index in [-0.39, 0.29) is 18.1 Å². The standard InChI is InChI=1S/C29H29N3O5S/c1-5-37-28(35)24-21-11-6-7-12-23(21)38-27(24)31-17(3)14-19(18(31)4)15-22-25(33)30-29(36)32(26(22)34)20-10-8-9-16(2)13-20/h8-10,13-15H,5-7,11-12H2,1-4H3,(H,30,33,36)/b22-15+. The Morgan fingerprint density at radius 1 is 1.11 bits per heavy atom. The maximum absolute atomic E-state index is 13.4. The predicted molar refractivity (Wildman–Crippen MR) is 146 cm³/mol. The van der Waals surface area contributed by atoms with Crippen LogP contribution in [0.5, 0.6) is 0 Å². The Balaban J connectivity index is 1.59. The molecule has 1 saturated heterocycles. The fourth-order valence-corrected chi connectivity index (χ4v) is 6.67. The van der Waals surface area contributed by atoms with E-state index in [0.29, 0.717) is 16.8 Å². The van der Waals surface area contributed by atoms with E-state index in [0.717, 1.165) is 58.1 Å². The van der Waals surface area contributed by atoms with Gasteiger partial charge in [0.25, 0.3) is 11.8 Å². The Bertz CT molecular complexity index is 1530. The van der Waals surface area contributed by atoms with Crippen molar-refractivity contribution in [2.24, 2.45) is 0 Å². The number of ether oxygens (including phenoxy) is 1. The van der Waals surface area contributed by atoms with Crippen LogP contribution in [0, 0.1) is 20.8 Å². The van der Waals surface area contributed by atoms with Crippen molar-refractivity contribution in [2.45, 2.75) is 53.4 Å². The highest BCUT2D eigenvalue weighted by Crippen LogP contribution is 2.39. The maximum atomic E-state index is 13.4. The number of amides is 4. The van der Waals surface area contributed by atoms with Gasteiger partial charge in [0.2, 0.25) is 0 Å². The molecule has 0 spiro atoms. The minimum absolute atomic E-state index is 0.137. The largest absolute Gasteiger partial charge is 0.462 e. The van der Waals surface area contributed by atoms with Gasteiger partial charge in [-0.2, -0.15) is 0 Å². The normalized spacial score (nSPS) is 16.6. The number of thiophene rings is 1. The number of aryl methyl sites for hydroxylation is 3. The van der Waals surface area contributed by atoms with Crippen molar-refractivity contribution in [2.75, 3.05) is 11.5 Å².